The van der Waals surface area contributed by atoms with Gasteiger partial charge in [0, 0.05) is 25.2 Å². The van der Waals surface area contributed by atoms with Gasteiger partial charge in [-0.1, -0.05) is 0 Å². The molecule has 4 rings (SSSR count). The number of likely N-dealkylation sites (tertiary alicyclic amines) is 1. The Bertz CT molecular complexity index is 947. The van der Waals surface area contributed by atoms with E-state index >= 15 is 0 Å². The molecule has 0 spiro atoms. The normalized spacial score (nSPS) is 15.1. The van der Waals surface area contributed by atoms with Crippen LogP contribution in [0.25, 0.3) is 11.0 Å². The number of nitrogens with one attached hydrogen (secondary N) is 1. The van der Waals surface area contributed by atoms with Gasteiger partial charge in [-0.3, -0.25) is 4.79 Å². The fraction of sp³-hybridized carbons (Fsp3) is 0.350. The molecule has 27 heavy (non-hydrogen) atoms. The number of nitrogens with zero attached hydrogens (tertiary/aromatic N) is 3. The molecule has 1 aliphatic heterocycles. The lowest BCUT2D eigenvalue weighted by molar-refractivity contribution is 0.0717. The molecule has 1 fully saturated rings. The van der Waals surface area contributed by atoms with E-state index in [1.54, 1.807) is 13.2 Å². The molecule has 2 aromatic heterocycles. The summed E-state index contributed by atoms with van der Waals surface area (Å²) in [6.45, 7) is 3.36. The van der Waals surface area contributed by atoms with Crippen LogP contribution < -0.4 is 10.1 Å². The molecule has 3 heterocycles. The topological polar surface area (TPSA) is 80.5 Å². The number of fused-ring (bicyclic) bond motifs is 1. The van der Waals surface area contributed by atoms with Crippen molar-refractivity contribution in [1.29, 1.82) is 0 Å². The largest absolute Gasteiger partial charge is 0.497 e. The molecule has 1 N–H and O–H groups in total. The van der Waals surface area contributed by atoms with Crippen molar-refractivity contribution in [2.75, 3.05) is 25.5 Å². The Balaban J connectivity index is 1.43. The maximum absolute atomic E-state index is 12.4. The maximum Gasteiger partial charge on any atom is 0.257 e. The minimum Gasteiger partial charge on any atom is -0.497 e. The lowest BCUT2D eigenvalue weighted by atomic mass is 10.0. The molecule has 1 aromatic carbocycles. The zero-order valence-electron chi connectivity index (χ0n) is 15.4. The number of hydrogen-bond acceptors (Lipinski definition) is 6. The molecule has 0 bridgehead atoms. The first-order valence-electron chi connectivity index (χ1n) is 9.04. The average Bonchev–Trinajstić information content (AvgIpc) is 3.23. The van der Waals surface area contributed by atoms with E-state index in [0.717, 1.165) is 41.1 Å². The molecule has 1 saturated heterocycles. The molecule has 0 aliphatic carbocycles. The average molecular weight is 366 g/mol. The van der Waals surface area contributed by atoms with Crippen molar-refractivity contribution >= 4 is 22.8 Å². The van der Waals surface area contributed by atoms with E-state index < -0.39 is 0 Å². The van der Waals surface area contributed by atoms with Gasteiger partial charge in [0.25, 0.3) is 5.91 Å². The van der Waals surface area contributed by atoms with Crippen molar-refractivity contribution in [3.8, 4) is 5.75 Å². The minimum atomic E-state index is 0.0258. The molecule has 140 valence electrons. The molecular formula is C20H22N4O3. The predicted octanol–water partition coefficient (Wildman–Crippen LogP) is 3.26. The number of carbonyl (C=O) groups is 1. The van der Waals surface area contributed by atoms with Crippen LogP contribution in [0.15, 0.2) is 41.2 Å². The van der Waals surface area contributed by atoms with E-state index in [9.17, 15) is 4.79 Å². The summed E-state index contributed by atoms with van der Waals surface area (Å²) in [5, 5.41) is 3.50. The van der Waals surface area contributed by atoms with Gasteiger partial charge in [-0.15, -0.1) is 0 Å². The van der Waals surface area contributed by atoms with E-state index in [1.165, 1.54) is 12.5 Å². The SMILES string of the molecule is COc1ccc2nc(NC3CCN(C(=O)c4ccoc4)CC3)c(C)nc2c1. The quantitative estimate of drug-likeness (QED) is 0.763. The van der Waals surface area contributed by atoms with Crippen LogP contribution in [0.5, 0.6) is 5.75 Å². The molecule has 1 aliphatic rings. The van der Waals surface area contributed by atoms with Crippen LogP contribution >= 0.6 is 0 Å². The summed E-state index contributed by atoms with van der Waals surface area (Å²) in [5.41, 5.74) is 3.11. The summed E-state index contributed by atoms with van der Waals surface area (Å²) in [7, 11) is 1.64. The van der Waals surface area contributed by atoms with Gasteiger partial charge in [-0.05, 0) is 38.0 Å². The third-order valence-electron chi connectivity index (χ3n) is 4.94. The lowest BCUT2D eigenvalue weighted by Gasteiger charge is -2.32. The lowest BCUT2D eigenvalue weighted by Crippen LogP contribution is -2.42. The summed E-state index contributed by atoms with van der Waals surface area (Å²) in [6, 6.07) is 7.66. The van der Waals surface area contributed by atoms with Gasteiger partial charge in [0.05, 0.1) is 35.7 Å². The summed E-state index contributed by atoms with van der Waals surface area (Å²) >= 11 is 0. The van der Waals surface area contributed by atoms with Crippen LogP contribution in [0.1, 0.15) is 28.9 Å². The van der Waals surface area contributed by atoms with Crippen molar-refractivity contribution in [2.45, 2.75) is 25.8 Å². The number of furan rings is 1. The second kappa shape index (κ2) is 7.26. The molecule has 7 heteroatoms. The maximum atomic E-state index is 12.4. The molecule has 0 atom stereocenters. The number of aryl methyl sites for hydroxylation is 1. The van der Waals surface area contributed by atoms with Gasteiger partial charge in [0.1, 0.15) is 17.8 Å². The highest BCUT2D eigenvalue weighted by Gasteiger charge is 2.24. The molecule has 0 radical (unpaired) electrons. The van der Waals surface area contributed by atoms with Crippen molar-refractivity contribution in [1.82, 2.24) is 14.9 Å². The smallest absolute Gasteiger partial charge is 0.257 e. The number of benzene rings is 1. The Morgan fingerprint density at radius 1 is 1.22 bits per heavy atom. The van der Waals surface area contributed by atoms with Crippen LogP contribution in [0, 0.1) is 6.92 Å². The van der Waals surface area contributed by atoms with E-state index in [4.69, 9.17) is 14.1 Å². The van der Waals surface area contributed by atoms with Crippen LogP contribution in [0.3, 0.4) is 0 Å². The van der Waals surface area contributed by atoms with E-state index in [0.29, 0.717) is 18.7 Å². The highest BCUT2D eigenvalue weighted by atomic mass is 16.5. The number of methoxy groups -OCH3 is 1. The summed E-state index contributed by atoms with van der Waals surface area (Å²) in [4.78, 5) is 23.6. The monoisotopic (exact) mass is 366 g/mol. The third-order valence-corrected chi connectivity index (χ3v) is 4.94. The number of piperidine rings is 1. The van der Waals surface area contributed by atoms with Crippen molar-refractivity contribution in [3.63, 3.8) is 0 Å². The number of rotatable bonds is 4. The molecule has 1 amide bonds. The number of amides is 1. The Morgan fingerprint density at radius 2 is 2.04 bits per heavy atom. The van der Waals surface area contributed by atoms with Gasteiger partial charge >= 0.3 is 0 Å². The van der Waals surface area contributed by atoms with E-state index in [1.807, 2.05) is 30.0 Å². The second-order valence-corrected chi connectivity index (χ2v) is 6.74. The van der Waals surface area contributed by atoms with Crippen molar-refractivity contribution < 1.29 is 13.9 Å². The molecule has 0 unspecified atom stereocenters. The number of hydrogen-bond donors (Lipinski definition) is 1. The predicted molar refractivity (Wildman–Crippen MR) is 102 cm³/mol. The summed E-state index contributed by atoms with van der Waals surface area (Å²) in [5.74, 6) is 1.59. The first kappa shape index (κ1) is 17.3. The Kier molecular flexibility index (Phi) is 4.66. The highest BCUT2D eigenvalue weighted by molar-refractivity contribution is 5.93. The van der Waals surface area contributed by atoms with E-state index in [-0.39, 0.29) is 11.9 Å². The minimum absolute atomic E-state index is 0.0258. The Labute approximate surface area is 157 Å². The standard InChI is InChI=1S/C20H22N4O3/c1-13-19(23-17-4-3-16(26-2)11-18(17)21-13)22-15-5-8-24(9-6-15)20(25)14-7-10-27-12-14/h3-4,7,10-12,15H,5-6,8-9H2,1-2H3,(H,22,23). The first-order chi connectivity index (χ1) is 13.1. The van der Waals surface area contributed by atoms with Gasteiger partial charge in [-0.2, -0.15) is 0 Å². The third kappa shape index (κ3) is 3.58. The van der Waals surface area contributed by atoms with Crippen LogP contribution in [-0.2, 0) is 0 Å². The van der Waals surface area contributed by atoms with Gasteiger partial charge in [0.2, 0.25) is 0 Å². The van der Waals surface area contributed by atoms with Crippen LogP contribution in [0.4, 0.5) is 5.82 Å². The summed E-state index contributed by atoms with van der Waals surface area (Å²) in [6.07, 6.45) is 4.75. The van der Waals surface area contributed by atoms with Gasteiger partial charge in [0.15, 0.2) is 0 Å². The zero-order chi connectivity index (χ0) is 18.8. The van der Waals surface area contributed by atoms with Crippen LogP contribution in [0.2, 0.25) is 0 Å². The Morgan fingerprint density at radius 3 is 2.74 bits per heavy atom. The number of aromatic nitrogens is 2. The summed E-state index contributed by atoms with van der Waals surface area (Å²) < 4.78 is 10.3. The molecule has 7 nitrogen and oxygen atoms in total. The first-order valence-corrected chi connectivity index (χ1v) is 9.04. The molecule has 3 aromatic rings. The van der Waals surface area contributed by atoms with E-state index in [2.05, 4.69) is 10.3 Å². The zero-order valence-corrected chi connectivity index (χ0v) is 15.4. The number of ether oxygens (including phenoxy) is 1. The Hall–Kier alpha value is -3.09. The van der Waals surface area contributed by atoms with Gasteiger partial charge in [-0.25, -0.2) is 9.97 Å². The van der Waals surface area contributed by atoms with Gasteiger partial charge < -0.3 is 19.4 Å². The van der Waals surface area contributed by atoms with Crippen molar-refractivity contribution in [2.24, 2.45) is 0 Å². The number of carbonyl (C=O) groups excluding carboxylic acids is 1. The molecular weight excluding hydrogens is 344 g/mol. The second-order valence-electron chi connectivity index (χ2n) is 6.74. The van der Waals surface area contributed by atoms with Crippen LogP contribution in [-0.4, -0.2) is 47.0 Å². The molecule has 0 saturated carbocycles. The fourth-order valence-electron chi connectivity index (χ4n) is 3.38. The fourth-order valence-corrected chi connectivity index (χ4v) is 3.38. The highest BCUT2D eigenvalue weighted by Crippen LogP contribution is 2.23. The van der Waals surface area contributed by atoms with Crippen molar-refractivity contribution in [3.05, 3.63) is 48.0 Å². The number of anilines is 1.